The van der Waals surface area contributed by atoms with E-state index in [9.17, 15) is 4.79 Å². The molecule has 1 aliphatic carbocycles. The molecule has 0 spiro atoms. The first-order valence-electron chi connectivity index (χ1n) is 6.56. The number of rotatable bonds is 5. The number of carbonyl (C=O) groups excluding carboxylic acids is 1. The Morgan fingerprint density at radius 1 is 1.42 bits per heavy atom. The normalized spacial score (nSPS) is 14.0. The number of amides is 1. The van der Waals surface area contributed by atoms with Gasteiger partial charge in [-0.15, -0.1) is 0 Å². The Morgan fingerprint density at radius 3 is 2.53 bits per heavy atom. The van der Waals surface area contributed by atoms with E-state index >= 15 is 0 Å². The summed E-state index contributed by atoms with van der Waals surface area (Å²) in [7, 11) is 0. The number of hydrogen-bond donors (Lipinski definition) is 0. The lowest BCUT2D eigenvalue weighted by atomic mass is 10.2. The second-order valence-electron chi connectivity index (χ2n) is 5.05. The summed E-state index contributed by atoms with van der Waals surface area (Å²) in [6, 6.07) is 9.44. The van der Waals surface area contributed by atoms with E-state index in [2.05, 4.69) is 0 Å². The van der Waals surface area contributed by atoms with Crippen LogP contribution in [0, 0.1) is 11.3 Å². The molecular weight excluding hydrogens is 240 g/mol. The summed E-state index contributed by atoms with van der Waals surface area (Å²) in [5, 5.41) is 8.70. The van der Waals surface area contributed by atoms with Crippen LogP contribution in [-0.4, -0.2) is 29.5 Å². The van der Waals surface area contributed by atoms with Gasteiger partial charge in [0.2, 0.25) is 0 Å². The molecule has 1 amide bonds. The van der Waals surface area contributed by atoms with Gasteiger partial charge < -0.3 is 9.64 Å². The summed E-state index contributed by atoms with van der Waals surface area (Å²) >= 11 is 0. The lowest BCUT2D eigenvalue weighted by molar-refractivity contribution is -0.135. The van der Waals surface area contributed by atoms with Gasteiger partial charge >= 0.3 is 0 Å². The zero-order valence-electron chi connectivity index (χ0n) is 11.3. The predicted octanol–water partition coefficient (Wildman–Crippen LogP) is 2.34. The van der Waals surface area contributed by atoms with E-state index < -0.39 is 0 Å². The topological polar surface area (TPSA) is 53.3 Å². The van der Waals surface area contributed by atoms with Gasteiger partial charge in [0, 0.05) is 12.1 Å². The summed E-state index contributed by atoms with van der Waals surface area (Å²) in [6.07, 6.45) is 2.20. The van der Waals surface area contributed by atoms with Crippen LogP contribution in [0.15, 0.2) is 24.3 Å². The molecule has 1 aliphatic rings. The van der Waals surface area contributed by atoms with Crippen LogP contribution in [0.2, 0.25) is 0 Å². The second-order valence-corrected chi connectivity index (χ2v) is 5.05. The second kappa shape index (κ2) is 5.75. The fourth-order valence-electron chi connectivity index (χ4n) is 2.11. The van der Waals surface area contributed by atoms with Gasteiger partial charge in [0.1, 0.15) is 5.75 Å². The fourth-order valence-corrected chi connectivity index (χ4v) is 2.11. The Morgan fingerprint density at radius 2 is 2.05 bits per heavy atom. The Labute approximate surface area is 113 Å². The average molecular weight is 258 g/mol. The lowest BCUT2D eigenvalue weighted by Gasteiger charge is -2.26. The first-order valence-corrected chi connectivity index (χ1v) is 6.56. The Kier molecular flexibility index (Phi) is 4.06. The van der Waals surface area contributed by atoms with Crippen LogP contribution in [0.1, 0.15) is 32.3 Å². The number of ether oxygens (including phenoxy) is 1. The molecule has 0 atom stereocenters. The van der Waals surface area contributed by atoms with Crippen molar-refractivity contribution in [2.45, 2.75) is 38.8 Å². The molecule has 0 unspecified atom stereocenters. The van der Waals surface area contributed by atoms with Gasteiger partial charge in [0.15, 0.2) is 6.61 Å². The molecule has 1 saturated carbocycles. The molecule has 1 fully saturated rings. The average Bonchev–Trinajstić information content (AvgIpc) is 3.21. The van der Waals surface area contributed by atoms with E-state index in [0.717, 1.165) is 12.8 Å². The number of hydrogen-bond acceptors (Lipinski definition) is 3. The van der Waals surface area contributed by atoms with Crippen LogP contribution >= 0.6 is 0 Å². The van der Waals surface area contributed by atoms with Gasteiger partial charge in [-0.1, -0.05) is 0 Å². The Bertz CT molecular complexity index is 482. The van der Waals surface area contributed by atoms with E-state index in [4.69, 9.17) is 10.00 Å². The van der Waals surface area contributed by atoms with Gasteiger partial charge in [-0.25, -0.2) is 0 Å². The van der Waals surface area contributed by atoms with Gasteiger partial charge in [-0.3, -0.25) is 4.79 Å². The third-order valence-electron chi connectivity index (χ3n) is 3.13. The number of nitriles is 1. The van der Waals surface area contributed by atoms with Crippen molar-refractivity contribution in [2.24, 2.45) is 0 Å². The number of carbonyl (C=O) groups is 1. The maximum absolute atomic E-state index is 12.1. The molecule has 1 aromatic carbocycles. The van der Waals surface area contributed by atoms with Crippen molar-refractivity contribution < 1.29 is 9.53 Å². The summed E-state index contributed by atoms with van der Waals surface area (Å²) in [5.74, 6) is 0.647. The van der Waals surface area contributed by atoms with E-state index in [1.165, 1.54) is 0 Å². The molecule has 0 aromatic heterocycles. The van der Waals surface area contributed by atoms with Crippen molar-refractivity contribution in [1.82, 2.24) is 4.90 Å². The summed E-state index contributed by atoms with van der Waals surface area (Å²) in [4.78, 5) is 14.0. The Hall–Kier alpha value is -2.02. The van der Waals surface area contributed by atoms with E-state index in [1.807, 2.05) is 24.8 Å². The first kappa shape index (κ1) is 13.4. The van der Waals surface area contributed by atoms with Crippen molar-refractivity contribution in [1.29, 1.82) is 5.26 Å². The highest BCUT2D eigenvalue weighted by molar-refractivity contribution is 5.78. The minimum Gasteiger partial charge on any atom is -0.484 e. The molecule has 0 N–H and O–H groups in total. The molecule has 19 heavy (non-hydrogen) atoms. The third-order valence-corrected chi connectivity index (χ3v) is 3.13. The van der Waals surface area contributed by atoms with Crippen molar-refractivity contribution in [2.75, 3.05) is 6.61 Å². The first-order chi connectivity index (χ1) is 9.11. The maximum Gasteiger partial charge on any atom is 0.260 e. The molecule has 2 rings (SSSR count). The van der Waals surface area contributed by atoms with E-state index in [0.29, 0.717) is 17.4 Å². The summed E-state index contributed by atoms with van der Waals surface area (Å²) in [6.45, 7) is 4.11. The highest BCUT2D eigenvalue weighted by atomic mass is 16.5. The van der Waals surface area contributed by atoms with Crippen LogP contribution in [0.25, 0.3) is 0 Å². The maximum atomic E-state index is 12.1. The van der Waals surface area contributed by atoms with Crippen LogP contribution in [0.4, 0.5) is 0 Å². The smallest absolute Gasteiger partial charge is 0.260 e. The van der Waals surface area contributed by atoms with Crippen LogP contribution in [0.5, 0.6) is 5.75 Å². The van der Waals surface area contributed by atoms with Crippen molar-refractivity contribution in [3.05, 3.63) is 29.8 Å². The largest absolute Gasteiger partial charge is 0.484 e. The van der Waals surface area contributed by atoms with Gasteiger partial charge in [-0.05, 0) is 51.0 Å². The summed E-state index contributed by atoms with van der Waals surface area (Å²) < 4.78 is 5.48. The quantitative estimate of drug-likeness (QED) is 0.814. The Balaban J connectivity index is 1.90. The molecule has 0 heterocycles. The van der Waals surface area contributed by atoms with Crippen molar-refractivity contribution in [3.63, 3.8) is 0 Å². The lowest BCUT2D eigenvalue weighted by Crippen LogP contribution is -2.41. The van der Waals surface area contributed by atoms with E-state index in [-0.39, 0.29) is 18.6 Å². The molecule has 0 radical (unpaired) electrons. The summed E-state index contributed by atoms with van der Waals surface area (Å²) in [5.41, 5.74) is 0.584. The van der Waals surface area contributed by atoms with Crippen LogP contribution in [0.3, 0.4) is 0 Å². The molecule has 4 nitrogen and oxygen atoms in total. The minimum atomic E-state index is 0.0295. The van der Waals surface area contributed by atoms with Crippen LogP contribution < -0.4 is 4.74 Å². The van der Waals surface area contributed by atoms with Crippen molar-refractivity contribution >= 4 is 5.91 Å². The van der Waals surface area contributed by atoms with Crippen LogP contribution in [-0.2, 0) is 4.79 Å². The third kappa shape index (κ3) is 3.47. The van der Waals surface area contributed by atoms with Crippen molar-refractivity contribution in [3.8, 4) is 11.8 Å². The zero-order valence-corrected chi connectivity index (χ0v) is 11.3. The SMILES string of the molecule is CC(C)N(C(=O)COc1ccc(C#N)cc1)C1CC1. The monoisotopic (exact) mass is 258 g/mol. The van der Waals surface area contributed by atoms with Gasteiger partial charge in [0.25, 0.3) is 5.91 Å². The standard InChI is InChI=1S/C15H18N2O2/c1-11(2)17(13-5-6-13)15(18)10-19-14-7-3-12(9-16)4-8-14/h3-4,7-8,11,13H,5-6,10H2,1-2H3. The predicted molar refractivity (Wildman–Crippen MR) is 71.7 cm³/mol. The molecule has 4 heteroatoms. The van der Waals surface area contributed by atoms with E-state index in [1.54, 1.807) is 24.3 Å². The molecule has 0 saturated heterocycles. The molecule has 100 valence electrons. The zero-order chi connectivity index (χ0) is 13.8. The molecule has 0 bridgehead atoms. The van der Waals surface area contributed by atoms with Gasteiger partial charge in [-0.2, -0.15) is 5.26 Å². The fraction of sp³-hybridized carbons (Fsp3) is 0.467. The highest BCUT2D eigenvalue weighted by Gasteiger charge is 2.34. The van der Waals surface area contributed by atoms with Gasteiger partial charge in [0.05, 0.1) is 11.6 Å². The number of benzene rings is 1. The molecule has 1 aromatic rings. The highest BCUT2D eigenvalue weighted by Crippen LogP contribution is 2.28. The molecule has 0 aliphatic heterocycles. The number of nitrogens with zero attached hydrogens (tertiary/aromatic N) is 2. The minimum absolute atomic E-state index is 0.0295. The molecular formula is C15H18N2O2.